The first kappa shape index (κ1) is 13.9. The maximum absolute atomic E-state index is 12.3. The van der Waals surface area contributed by atoms with Crippen LogP contribution in [0, 0.1) is 0 Å². The van der Waals surface area contributed by atoms with Crippen LogP contribution in [-0.2, 0) is 6.54 Å². The summed E-state index contributed by atoms with van der Waals surface area (Å²) in [5.74, 6) is -0.527. The second kappa shape index (κ2) is 5.35. The SMILES string of the molecule is NC(=O)c1ccc(Cn2ccc3sccc3c2=O)c(Cl)c1. The highest BCUT2D eigenvalue weighted by atomic mass is 35.5. The normalized spacial score (nSPS) is 10.9. The lowest BCUT2D eigenvalue weighted by atomic mass is 10.1. The summed E-state index contributed by atoms with van der Waals surface area (Å²) in [6.07, 6.45) is 1.75. The third-order valence-corrected chi connectivity index (χ3v) is 4.50. The molecule has 2 N–H and O–H groups in total. The molecule has 21 heavy (non-hydrogen) atoms. The second-order valence-electron chi connectivity index (χ2n) is 4.62. The number of carbonyl (C=O) groups excluding carboxylic acids is 1. The molecule has 0 saturated heterocycles. The summed E-state index contributed by atoms with van der Waals surface area (Å²) in [7, 11) is 0. The van der Waals surface area contributed by atoms with E-state index in [1.807, 2.05) is 17.5 Å². The second-order valence-corrected chi connectivity index (χ2v) is 5.97. The van der Waals surface area contributed by atoms with Crippen LogP contribution in [0.25, 0.3) is 10.1 Å². The highest BCUT2D eigenvalue weighted by Gasteiger charge is 2.08. The first-order valence-electron chi connectivity index (χ1n) is 6.21. The van der Waals surface area contributed by atoms with Gasteiger partial charge in [-0.3, -0.25) is 9.59 Å². The number of amides is 1. The van der Waals surface area contributed by atoms with Crippen molar-refractivity contribution < 1.29 is 4.79 Å². The Morgan fingerprint density at radius 2 is 2.10 bits per heavy atom. The van der Waals surface area contributed by atoms with Gasteiger partial charge >= 0.3 is 0 Å². The van der Waals surface area contributed by atoms with Gasteiger partial charge in [0.05, 0.1) is 11.9 Å². The molecule has 0 unspecified atom stereocenters. The third kappa shape index (κ3) is 2.57. The molecule has 0 radical (unpaired) electrons. The summed E-state index contributed by atoms with van der Waals surface area (Å²) in [5, 5.41) is 3.02. The van der Waals surface area contributed by atoms with Crippen molar-refractivity contribution in [3.05, 3.63) is 68.4 Å². The average molecular weight is 319 g/mol. The number of pyridine rings is 1. The Kier molecular flexibility index (Phi) is 3.53. The van der Waals surface area contributed by atoms with E-state index >= 15 is 0 Å². The predicted octanol–water partition coefficient (Wildman–Crippen LogP) is 2.86. The molecule has 3 aromatic rings. The van der Waals surface area contributed by atoms with Crippen molar-refractivity contribution in [3.63, 3.8) is 0 Å². The lowest BCUT2D eigenvalue weighted by Gasteiger charge is -2.08. The Balaban J connectivity index is 2.00. The number of benzene rings is 1. The van der Waals surface area contributed by atoms with Crippen LogP contribution in [0.1, 0.15) is 15.9 Å². The van der Waals surface area contributed by atoms with E-state index in [2.05, 4.69) is 0 Å². The van der Waals surface area contributed by atoms with Crippen molar-refractivity contribution in [2.24, 2.45) is 5.73 Å². The maximum atomic E-state index is 12.3. The van der Waals surface area contributed by atoms with Gasteiger partial charge in [0.15, 0.2) is 0 Å². The number of rotatable bonds is 3. The minimum atomic E-state index is -0.527. The fraction of sp³-hybridized carbons (Fsp3) is 0.0667. The lowest BCUT2D eigenvalue weighted by molar-refractivity contribution is 0.100. The van der Waals surface area contributed by atoms with E-state index in [0.29, 0.717) is 22.5 Å². The van der Waals surface area contributed by atoms with Crippen LogP contribution >= 0.6 is 22.9 Å². The molecular formula is C15H11ClN2O2S. The molecule has 0 spiro atoms. The van der Waals surface area contributed by atoms with Gasteiger partial charge < -0.3 is 10.3 Å². The summed E-state index contributed by atoms with van der Waals surface area (Å²) >= 11 is 7.69. The van der Waals surface area contributed by atoms with E-state index in [4.69, 9.17) is 17.3 Å². The van der Waals surface area contributed by atoms with Gasteiger partial charge in [0.2, 0.25) is 5.91 Å². The molecule has 0 saturated carbocycles. The number of hydrogen-bond donors (Lipinski definition) is 1. The van der Waals surface area contributed by atoms with Crippen LogP contribution < -0.4 is 11.3 Å². The minimum Gasteiger partial charge on any atom is -0.366 e. The topological polar surface area (TPSA) is 65.1 Å². The number of nitrogens with two attached hydrogens (primary N) is 1. The van der Waals surface area contributed by atoms with Crippen LogP contribution in [0.5, 0.6) is 0 Å². The molecule has 1 amide bonds. The van der Waals surface area contributed by atoms with Crippen LogP contribution in [0.4, 0.5) is 0 Å². The van der Waals surface area contributed by atoms with Gasteiger partial charge in [-0.05, 0) is 35.2 Å². The van der Waals surface area contributed by atoms with E-state index in [0.717, 1.165) is 10.3 Å². The number of aromatic nitrogens is 1. The highest BCUT2D eigenvalue weighted by Crippen LogP contribution is 2.20. The van der Waals surface area contributed by atoms with Crippen LogP contribution in [0.3, 0.4) is 0 Å². The standard InChI is InChI=1S/C15H11ClN2O2S/c16-12-7-9(14(17)19)1-2-10(12)8-18-5-3-13-11(15(18)20)4-6-21-13/h1-7H,8H2,(H2,17,19). The number of halogens is 1. The van der Waals surface area contributed by atoms with Gasteiger partial charge in [-0.15, -0.1) is 11.3 Å². The van der Waals surface area contributed by atoms with Crippen molar-refractivity contribution >= 4 is 38.9 Å². The fourth-order valence-corrected chi connectivity index (χ4v) is 3.16. The Bertz CT molecular complexity index is 898. The largest absolute Gasteiger partial charge is 0.366 e. The molecule has 0 aliphatic heterocycles. The monoisotopic (exact) mass is 318 g/mol. The summed E-state index contributed by atoms with van der Waals surface area (Å²) in [4.78, 5) is 23.4. The van der Waals surface area contributed by atoms with Gasteiger partial charge in [0.25, 0.3) is 5.56 Å². The van der Waals surface area contributed by atoms with E-state index in [9.17, 15) is 9.59 Å². The lowest BCUT2D eigenvalue weighted by Crippen LogP contribution is -2.19. The molecule has 1 aromatic carbocycles. The molecule has 106 valence electrons. The average Bonchev–Trinajstić information content (AvgIpc) is 2.93. The van der Waals surface area contributed by atoms with Crippen LogP contribution in [0.2, 0.25) is 5.02 Å². The van der Waals surface area contributed by atoms with Gasteiger partial charge in [0, 0.05) is 21.5 Å². The number of hydrogen-bond acceptors (Lipinski definition) is 3. The smallest absolute Gasteiger partial charge is 0.259 e. The quantitative estimate of drug-likeness (QED) is 0.807. The van der Waals surface area contributed by atoms with Crippen molar-refractivity contribution in [3.8, 4) is 0 Å². The summed E-state index contributed by atoms with van der Waals surface area (Å²) < 4.78 is 2.56. The Morgan fingerprint density at radius 3 is 2.81 bits per heavy atom. The molecule has 0 aliphatic rings. The van der Waals surface area contributed by atoms with Gasteiger partial charge in [-0.2, -0.15) is 0 Å². The Labute approximate surface area is 129 Å². The van der Waals surface area contributed by atoms with E-state index in [-0.39, 0.29) is 5.56 Å². The number of primary amides is 1. The number of fused-ring (bicyclic) bond motifs is 1. The van der Waals surface area contributed by atoms with Crippen LogP contribution in [-0.4, -0.2) is 10.5 Å². The van der Waals surface area contributed by atoms with E-state index in [1.54, 1.807) is 22.9 Å². The first-order valence-corrected chi connectivity index (χ1v) is 7.47. The predicted molar refractivity (Wildman–Crippen MR) is 85.2 cm³/mol. The zero-order chi connectivity index (χ0) is 15.0. The van der Waals surface area contributed by atoms with Crippen molar-refractivity contribution in [2.75, 3.05) is 0 Å². The number of thiophene rings is 1. The van der Waals surface area contributed by atoms with E-state index < -0.39 is 5.91 Å². The van der Waals surface area contributed by atoms with Crippen LogP contribution in [0.15, 0.2) is 46.7 Å². The minimum absolute atomic E-state index is 0.0520. The summed E-state index contributed by atoms with van der Waals surface area (Å²) in [6, 6.07) is 8.57. The summed E-state index contributed by atoms with van der Waals surface area (Å²) in [5.41, 5.74) is 6.27. The molecule has 2 aromatic heterocycles. The first-order chi connectivity index (χ1) is 10.1. The molecule has 0 bridgehead atoms. The highest BCUT2D eigenvalue weighted by molar-refractivity contribution is 7.17. The fourth-order valence-electron chi connectivity index (χ4n) is 2.14. The zero-order valence-electron chi connectivity index (χ0n) is 10.9. The number of carbonyl (C=O) groups is 1. The molecule has 2 heterocycles. The zero-order valence-corrected chi connectivity index (χ0v) is 12.4. The van der Waals surface area contributed by atoms with E-state index in [1.165, 1.54) is 17.4 Å². The van der Waals surface area contributed by atoms with Crippen molar-refractivity contribution in [2.45, 2.75) is 6.54 Å². The molecule has 0 fully saturated rings. The van der Waals surface area contributed by atoms with Crippen molar-refractivity contribution in [1.82, 2.24) is 4.57 Å². The molecule has 3 rings (SSSR count). The van der Waals surface area contributed by atoms with Crippen molar-refractivity contribution in [1.29, 1.82) is 0 Å². The van der Waals surface area contributed by atoms with Gasteiger partial charge in [-0.25, -0.2) is 0 Å². The molecule has 6 heteroatoms. The number of nitrogens with zero attached hydrogens (tertiary/aromatic N) is 1. The Hall–Kier alpha value is -2.11. The Morgan fingerprint density at radius 1 is 1.29 bits per heavy atom. The van der Waals surface area contributed by atoms with Gasteiger partial charge in [-0.1, -0.05) is 17.7 Å². The third-order valence-electron chi connectivity index (χ3n) is 3.27. The molecule has 0 atom stereocenters. The molecule has 0 aliphatic carbocycles. The van der Waals surface area contributed by atoms with Gasteiger partial charge in [0.1, 0.15) is 0 Å². The molecular weight excluding hydrogens is 308 g/mol. The maximum Gasteiger partial charge on any atom is 0.259 e. The molecule has 4 nitrogen and oxygen atoms in total. The summed E-state index contributed by atoms with van der Waals surface area (Å²) in [6.45, 7) is 0.350.